The first kappa shape index (κ1) is 24.4. The summed E-state index contributed by atoms with van der Waals surface area (Å²) in [6.07, 6.45) is 0.174. The zero-order valence-electron chi connectivity index (χ0n) is 18.9. The predicted molar refractivity (Wildman–Crippen MR) is 122 cm³/mol. The number of hydrogen-bond donors (Lipinski definition) is 2. The topological polar surface area (TPSA) is 83.6 Å². The fraction of sp³-hybridized carbons (Fsp3) is 0.375. The Balaban J connectivity index is 1.75. The van der Waals surface area contributed by atoms with Crippen LogP contribution in [0.25, 0.3) is 0 Å². The minimum absolute atomic E-state index is 0.00643. The van der Waals surface area contributed by atoms with Gasteiger partial charge in [-0.2, -0.15) is 13.2 Å². The minimum atomic E-state index is -4.35. The first-order valence-corrected chi connectivity index (χ1v) is 10.6. The molecule has 0 spiro atoms. The lowest BCUT2D eigenvalue weighted by Crippen LogP contribution is -2.26. The van der Waals surface area contributed by atoms with E-state index in [2.05, 4.69) is 34.0 Å². The second-order valence-corrected chi connectivity index (χ2v) is 8.37. The summed E-state index contributed by atoms with van der Waals surface area (Å²) in [7, 11) is 1.62. The number of fused-ring (bicyclic) bond motifs is 1. The maximum Gasteiger partial charge on any atom is 0.416 e. The van der Waals surface area contributed by atoms with Crippen LogP contribution in [0.4, 0.5) is 13.2 Å². The lowest BCUT2D eigenvalue weighted by atomic mass is 9.99. The number of amides is 1. The molecular weight excluding hydrogens is 431 g/mol. The third-order valence-electron chi connectivity index (χ3n) is 5.57. The maximum absolute atomic E-state index is 12.9. The highest BCUT2D eigenvalue weighted by molar-refractivity contribution is 5.95. The van der Waals surface area contributed by atoms with Crippen molar-refractivity contribution >= 4 is 12.1 Å². The second-order valence-electron chi connectivity index (χ2n) is 8.37. The summed E-state index contributed by atoms with van der Waals surface area (Å²) >= 11 is 0. The summed E-state index contributed by atoms with van der Waals surface area (Å²) in [6, 6.07) is 7.08. The molecule has 0 fully saturated rings. The van der Waals surface area contributed by atoms with Gasteiger partial charge in [-0.3, -0.25) is 19.7 Å². The Kier molecular flexibility index (Phi) is 7.53. The Labute approximate surface area is 191 Å². The van der Waals surface area contributed by atoms with E-state index in [9.17, 15) is 18.0 Å². The van der Waals surface area contributed by atoms with Gasteiger partial charge in [0.05, 0.1) is 22.9 Å². The lowest BCUT2D eigenvalue weighted by Gasteiger charge is -2.27. The lowest BCUT2D eigenvalue weighted by molar-refractivity contribution is -0.137. The molecule has 1 unspecified atom stereocenters. The Morgan fingerprint density at radius 2 is 2.03 bits per heavy atom. The molecule has 6 nitrogen and oxygen atoms in total. The van der Waals surface area contributed by atoms with E-state index in [1.807, 2.05) is 6.07 Å². The zero-order chi connectivity index (χ0) is 24.2. The van der Waals surface area contributed by atoms with Crippen molar-refractivity contribution in [3.8, 4) is 0 Å². The van der Waals surface area contributed by atoms with E-state index in [-0.39, 0.29) is 24.4 Å². The molecule has 3 N–H and O–H groups in total. The van der Waals surface area contributed by atoms with Gasteiger partial charge < -0.3 is 11.1 Å². The van der Waals surface area contributed by atoms with Gasteiger partial charge in [0, 0.05) is 50.9 Å². The molecule has 0 bridgehead atoms. The minimum Gasteiger partial charge on any atom is -0.404 e. The summed E-state index contributed by atoms with van der Waals surface area (Å²) in [5.74, 6) is -0.0325. The van der Waals surface area contributed by atoms with Gasteiger partial charge in [0.25, 0.3) is 5.91 Å². The molecule has 2 heterocycles. The number of nitrogens with two attached hydrogens (primary N) is 1. The molecule has 1 amide bonds. The van der Waals surface area contributed by atoms with Crippen molar-refractivity contribution in [3.63, 3.8) is 0 Å². The highest BCUT2D eigenvalue weighted by Gasteiger charge is 2.35. The number of carbonyl (C=O) groups is 1. The average Bonchev–Trinajstić information content (AvgIpc) is 3.13. The molecule has 1 atom stereocenters. The van der Waals surface area contributed by atoms with Crippen molar-refractivity contribution in [3.05, 3.63) is 76.2 Å². The van der Waals surface area contributed by atoms with Crippen molar-refractivity contribution in [1.29, 1.82) is 0 Å². The predicted octanol–water partition coefficient (Wildman–Crippen LogP) is 4.09. The summed E-state index contributed by atoms with van der Waals surface area (Å²) < 4.78 is 38.6. The van der Waals surface area contributed by atoms with Gasteiger partial charge in [0.1, 0.15) is 0 Å². The average molecular weight is 460 g/mol. The van der Waals surface area contributed by atoms with Crippen molar-refractivity contribution in [2.24, 2.45) is 16.6 Å². The monoisotopic (exact) mass is 459 g/mol. The fourth-order valence-electron chi connectivity index (χ4n) is 4.05. The summed E-state index contributed by atoms with van der Waals surface area (Å²) in [4.78, 5) is 23.3. The standard InChI is InChI=1S/C24H28F3N5O/c1-15(2)22-21-19(8-18(12-30-21)23(33)31-11-17(9-28)10-29-3)14-32(22)13-16-4-6-20(7-5-16)24(25,26)27/h4-10,12,15,22H,11,13-14,28H2,1-3H3,(H,31,33). The zero-order valence-corrected chi connectivity index (χ0v) is 18.9. The van der Waals surface area contributed by atoms with Crippen LogP contribution in [0.1, 0.15) is 52.6 Å². The number of carbonyl (C=O) groups excluding carboxylic acids is 1. The van der Waals surface area contributed by atoms with Gasteiger partial charge in [-0.25, -0.2) is 0 Å². The van der Waals surface area contributed by atoms with Crippen LogP contribution in [0.3, 0.4) is 0 Å². The molecule has 176 valence electrons. The quantitative estimate of drug-likeness (QED) is 0.611. The number of pyridine rings is 1. The number of nitrogens with zero attached hydrogens (tertiary/aromatic N) is 3. The van der Waals surface area contributed by atoms with E-state index in [4.69, 9.17) is 5.73 Å². The first-order chi connectivity index (χ1) is 15.6. The van der Waals surface area contributed by atoms with Gasteiger partial charge >= 0.3 is 6.18 Å². The molecule has 9 heteroatoms. The Morgan fingerprint density at radius 1 is 1.33 bits per heavy atom. The van der Waals surface area contributed by atoms with Crippen LogP contribution in [0, 0.1) is 5.92 Å². The third-order valence-corrected chi connectivity index (χ3v) is 5.57. The number of alkyl halides is 3. The van der Waals surface area contributed by atoms with Gasteiger partial charge in [0.2, 0.25) is 0 Å². The largest absolute Gasteiger partial charge is 0.416 e. The molecule has 1 aromatic heterocycles. The Hall–Kier alpha value is -3.20. The van der Waals surface area contributed by atoms with Crippen LogP contribution >= 0.6 is 0 Å². The summed E-state index contributed by atoms with van der Waals surface area (Å²) in [5.41, 5.74) is 8.63. The van der Waals surface area contributed by atoms with Crippen LogP contribution in [0.2, 0.25) is 0 Å². The van der Waals surface area contributed by atoms with E-state index < -0.39 is 11.7 Å². The molecule has 0 saturated heterocycles. The van der Waals surface area contributed by atoms with Crippen molar-refractivity contribution in [1.82, 2.24) is 15.2 Å². The molecule has 3 rings (SSSR count). The van der Waals surface area contributed by atoms with Crippen LogP contribution in [0.5, 0.6) is 0 Å². The fourth-order valence-corrected chi connectivity index (χ4v) is 4.05. The number of aromatic nitrogens is 1. The van der Waals surface area contributed by atoms with Gasteiger partial charge in [-0.05, 0) is 35.2 Å². The molecule has 0 aliphatic carbocycles. The number of halogens is 3. The molecule has 2 aromatic rings. The molecule has 1 aromatic carbocycles. The molecule has 33 heavy (non-hydrogen) atoms. The second kappa shape index (κ2) is 10.2. The molecule has 1 aliphatic rings. The molecule has 0 saturated carbocycles. The van der Waals surface area contributed by atoms with Crippen LogP contribution < -0.4 is 11.1 Å². The highest BCUT2D eigenvalue weighted by atomic mass is 19.4. The molecule has 1 aliphatic heterocycles. The highest BCUT2D eigenvalue weighted by Crippen LogP contribution is 2.39. The Morgan fingerprint density at radius 3 is 2.61 bits per heavy atom. The van der Waals surface area contributed by atoms with E-state index in [1.165, 1.54) is 18.3 Å². The molecular formula is C24H28F3N5O. The van der Waals surface area contributed by atoms with E-state index in [1.54, 1.807) is 19.5 Å². The van der Waals surface area contributed by atoms with Gasteiger partial charge in [-0.1, -0.05) is 26.0 Å². The van der Waals surface area contributed by atoms with Gasteiger partial charge in [-0.15, -0.1) is 0 Å². The van der Waals surface area contributed by atoms with Crippen LogP contribution in [0.15, 0.2) is 53.3 Å². The third kappa shape index (κ3) is 5.78. The smallest absolute Gasteiger partial charge is 0.404 e. The summed E-state index contributed by atoms with van der Waals surface area (Å²) in [6.45, 7) is 5.46. The number of benzene rings is 1. The first-order valence-electron chi connectivity index (χ1n) is 10.6. The van der Waals surface area contributed by atoms with Crippen molar-refractivity contribution in [2.75, 3.05) is 13.6 Å². The van der Waals surface area contributed by atoms with E-state index in [0.29, 0.717) is 24.2 Å². The van der Waals surface area contributed by atoms with Crippen LogP contribution in [-0.4, -0.2) is 35.6 Å². The summed E-state index contributed by atoms with van der Waals surface area (Å²) in [5, 5.41) is 2.80. The van der Waals surface area contributed by atoms with E-state index in [0.717, 1.165) is 29.0 Å². The van der Waals surface area contributed by atoms with Gasteiger partial charge in [0.15, 0.2) is 0 Å². The van der Waals surface area contributed by atoms with Crippen LogP contribution in [-0.2, 0) is 19.3 Å². The number of rotatable bonds is 7. The van der Waals surface area contributed by atoms with E-state index >= 15 is 0 Å². The van der Waals surface area contributed by atoms with Crippen molar-refractivity contribution < 1.29 is 18.0 Å². The van der Waals surface area contributed by atoms with Crippen molar-refractivity contribution in [2.45, 2.75) is 39.2 Å². The number of nitrogens with one attached hydrogen (secondary N) is 1. The SMILES string of the molecule is CN=CC(=CN)CNC(=O)c1cnc2c(c1)CN(Cc1ccc(C(F)(F)F)cc1)C2C(C)C. The Bertz CT molecular complexity index is 1050. The maximum atomic E-state index is 12.9. The number of aliphatic imine (C=N–C) groups is 1. The number of hydrogen-bond acceptors (Lipinski definition) is 5. The normalized spacial score (nSPS) is 17.1. The molecule has 0 radical (unpaired) electrons.